The van der Waals surface area contributed by atoms with E-state index in [1.54, 1.807) is 0 Å². The second-order valence-corrected chi connectivity index (χ2v) is 6.22. The minimum atomic E-state index is 0.00846. The van der Waals surface area contributed by atoms with E-state index in [2.05, 4.69) is 41.0 Å². The molecule has 1 aliphatic heterocycles. The molecule has 1 aromatic carbocycles. The van der Waals surface area contributed by atoms with Crippen molar-refractivity contribution in [3.05, 3.63) is 42.1 Å². The van der Waals surface area contributed by atoms with Crippen molar-refractivity contribution < 1.29 is 0 Å². The minimum Gasteiger partial charge on any atom is -0.353 e. The number of nitrogens with two attached hydrogens (primary N) is 1. The maximum Gasteiger partial charge on any atom is 0.159 e. The van der Waals surface area contributed by atoms with Gasteiger partial charge in [-0.05, 0) is 18.6 Å². The molecule has 3 aromatic rings. The van der Waals surface area contributed by atoms with E-state index in [0.717, 1.165) is 40.6 Å². The Morgan fingerprint density at radius 1 is 1.17 bits per heavy atom. The first-order chi connectivity index (χ1) is 11.0. The predicted octanol–water partition coefficient (Wildman–Crippen LogP) is 2.26. The third kappa shape index (κ3) is 2.14. The number of hydrogen-bond donors (Lipinski definition) is 1. The zero-order valence-electron chi connectivity index (χ0n) is 13.6. The summed E-state index contributed by atoms with van der Waals surface area (Å²) in [5.41, 5.74) is 11.0. The lowest BCUT2D eigenvalue weighted by Gasteiger charge is -2.11. The number of rotatable bonds is 2. The first-order valence-corrected chi connectivity index (χ1v) is 7.71. The second kappa shape index (κ2) is 4.96. The summed E-state index contributed by atoms with van der Waals surface area (Å²) in [6.07, 6.45) is 1.91. The third-order valence-corrected chi connectivity index (χ3v) is 4.34. The van der Waals surface area contributed by atoms with E-state index in [-0.39, 0.29) is 6.04 Å². The van der Waals surface area contributed by atoms with Gasteiger partial charge in [0.25, 0.3) is 0 Å². The number of anilines is 2. The third-order valence-electron chi connectivity index (χ3n) is 4.34. The van der Waals surface area contributed by atoms with E-state index >= 15 is 0 Å². The van der Waals surface area contributed by atoms with Crippen LogP contribution in [0, 0.1) is 0 Å². The molecule has 6 heteroatoms. The highest BCUT2D eigenvalue weighted by Gasteiger charge is 2.25. The normalized spacial score (nSPS) is 15.3. The van der Waals surface area contributed by atoms with E-state index in [9.17, 15) is 0 Å². The van der Waals surface area contributed by atoms with Crippen molar-refractivity contribution in [3.8, 4) is 11.3 Å². The molecule has 0 fully saturated rings. The van der Waals surface area contributed by atoms with Gasteiger partial charge in [-0.25, -0.2) is 4.98 Å². The summed E-state index contributed by atoms with van der Waals surface area (Å²) in [6, 6.07) is 10.3. The van der Waals surface area contributed by atoms with Crippen LogP contribution in [0.1, 0.15) is 18.5 Å². The Morgan fingerprint density at radius 2 is 2.00 bits per heavy atom. The molecule has 0 spiro atoms. The Morgan fingerprint density at radius 3 is 2.78 bits per heavy atom. The summed E-state index contributed by atoms with van der Waals surface area (Å²) in [5.74, 6) is 1.08. The molecular formula is C17H20N6. The highest BCUT2D eigenvalue weighted by Crippen LogP contribution is 2.34. The Balaban J connectivity index is 1.87. The first-order valence-electron chi connectivity index (χ1n) is 7.71. The van der Waals surface area contributed by atoms with Gasteiger partial charge >= 0.3 is 0 Å². The zero-order valence-corrected chi connectivity index (χ0v) is 13.6. The van der Waals surface area contributed by atoms with Crippen molar-refractivity contribution in [2.45, 2.75) is 13.0 Å². The van der Waals surface area contributed by atoms with Crippen LogP contribution in [0.3, 0.4) is 0 Å². The Labute approximate surface area is 135 Å². The summed E-state index contributed by atoms with van der Waals surface area (Å²) < 4.78 is 1.92. The Kier molecular flexibility index (Phi) is 3.02. The summed E-state index contributed by atoms with van der Waals surface area (Å²) >= 11 is 0. The maximum absolute atomic E-state index is 5.99. The van der Waals surface area contributed by atoms with Gasteiger partial charge in [-0.15, -0.1) is 0 Å². The molecule has 2 N–H and O–H groups in total. The summed E-state index contributed by atoms with van der Waals surface area (Å²) in [7, 11) is 4.13. The summed E-state index contributed by atoms with van der Waals surface area (Å²) in [5, 5.41) is 4.78. The average Bonchev–Trinajstić information content (AvgIpc) is 3.08. The van der Waals surface area contributed by atoms with Crippen molar-refractivity contribution >= 4 is 17.2 Å². The summed E-state index contributed by atoms with van der Waals surface area (Å²) in [4.78, 5) is 8.90. The van der Waals surface area contributed by atoms with Crippen LogP contribution >= 0.6 is 0 Å². The van der Waals surface area contributed by atoms with Crippen molar-refractivity contribution in [2.75, 3.05) is 30.6 Å². The van der Waals surface area contributed by atoms with Crippen LogP contribution < -0.4 is 15.5 Å². The van der Waals surface area contributed by atoms with Crippen LogP contribution in [0.5, 0.6) is 0 Å². The molecule has 0 aliphatic carbocycles. The van der Waals surface area contributed by atoms with Gasteiger partial charge in [0.05, 0.1) is 24.2 Å². The first kappa shape index (κ1) is 14.0. The second-order valence-electron chi connectivity index (χ2n) is 6.22. The van der Waals surface area contributed by atoms with Gasteiger partial charge in [0.1, 0.15) is 0 Å². The molecular weight excluding hydrogens is 288 g/mol. The van der Waals surface area contributed by atoms with E-state index < -0.39 is 0 Å². The Hall–Kier alpha value is -2.60. The van der Waals surface area contributed by atoms with E-state index in [4.69, 9.17) is 10.8 Å². The molecule has 1 aliphatic rings. The van der Waals surface area contributed by atoms with Gasteiger partial charge in [-0.2, -0.15) is 9.61 Å². The average molecular weight is 308 g/mol. The molecule has 4 rings (SSSR count). The SMILES string of the molecule is CC(N)c1cccc(-c2cc3ncc4c(n3n2)N(C)CN4C)c1. The highest BCUT2D eigenvalue weighted by atomic mass is 15.4. The molecule has 0 saturated carbocycles. The molecule has 0 bridgehead atoms. The van der Waals surface area contributed by atoms with Crippen molar-refractivity contribution in [1.29, 1.82) is 0 Å². The van der Waals surface area contributed by atoms with Gasteiger partial charge < -0.3 is 15.5 Å². The largest absolute Gasteiger partial charge is 0.353 e. The number of nitrogens with zero attached hydrogens (tertiary/aromatic N) is 5. The van der Waals surface area contributed by atoms with Gasteiger partial charge in [0.2, 0.25) is 0 Å². The molecule has 23 heavy (non-hydrogen) atoms. The van der Waals surface area contributed by atoms with Crippen LogP contribution in [0.2, 0.25) is 0 Å². The molecule has 1 unspecified atom stereocenters. The number of aromatic nitrogens is 3. The van der Waals surface area contributed by atoms with Gasteiger partial charge in [0, 0.05) is 31.8 Å². The quantitative estimate of drug-likeness (QED) is 0.787. The lowest BCUT2D eigenvalue weighted by atomic mass is 10.0. The van der Waals surface area contributed by atoms with Crippen molar-refractivity contribution in [2.24, 2.45) is 5.73 Å². The lowest BCUT2D eigenvalue weighted by Crippen LogP contribution is -2.24. The van der Waals surface area contributed by atoms with E-state index in [1.807, 2.05) is 35.8 Å². The van der Waals surface area contributed by atoms with E-state index in [0.29, 0.717) is 0 Å². The van der Waals surface area contributed by atoms with Gasteiger partial charge in [-0.1, -0.05) is 18.2 Å². The Bertz CT molecular complexity index is 882. The monoisotopic (exact) mass is 308 g/mol. The zero-order chi connectivity index (χ0) is 16.1. The van der Waals surface area contributed by atoms with Crippen molar-refractivity contribution in [3.63, 3.8) is 0 Å². The van der Waals surface area contributed by atoms with Crippen LogP contribution in [0.4, 0.5) is 11.5 Å². The standard InChI is InChI=1S/C17H20N6/c1-11(18)12-5-4-6-13(7-12)14-8-16-19-9-15-17(23(16)20-14)22(3)10-21(15)2/h4-9,11H,10,18H2,1-3H3. The molecule has 3 heterocycles. The van der Waals surface area contributed by atoms with E-state index in [1.165, 1.54) is 0 Å². The summed E-state index contributed by atoms with van der Waals surface area (Å²) in [6.45, 7) is 2.83. The van der Waals surface area contributed by atoms with Gasteiger partial charge in [0.15, 0.2) is 11.5 Å². The van der Waals surface area contributed by atoms with Crippen LogP contribution in [0.25, 0.3) is 16.9 Å². The fourth-order valence-electron chi connectivity index (χ4n) is 3.12. The number of hydrogen-bond acceptors (Lipinski definition) is 5. The molecule has 1 atom stereocenters. The topological polar surface area (TPSA) is 62.7 Å². The molecule has 0 amide bonds. The van der Waals surface area contributed by atoms with Gasteiger partial charge in [-0.3, -0.25) is 0 Å². The van der Waals surface area contributed by atoms with Crippen molar-refractivity contribution in [1.82, 2.24) is 14.6 Å². The molecule has 6 nitrogen and oxygen atoms in total. The predicted molar refractivity (Wildman–Crippen MR) is 92.7 cm³/mol. The van der Waals surface area contributed by atoms with Crippen LogP contribution in [-0.4, -0.2) is 35.4 Å². The maximum atomic E-state index is 5.99. The lowest BCUT2D eigenvalue weighted by molar-refractivity contribution is 0.818. The minimum absolute atomic E-state index is 0.00846. The molecule has 0 radical (unpaired) electrons. The molecule has 2 aromatic heterocycles. The molecule has 0 saturated heterocycles. The van der Waals surface area contributed by atoms with Crippen LogP contribution in [-0.2, 0) is 0 Å². The highest BCUT2D eigenvalue weighted by molar-refractivity contribution is 5.75. The fraction of sp³-hybridized carbons (Fsp3) is 0.294. The fourth-order valence-corrected chi connectivity index (χ4v) is 3.12. The van der Waals surface area contributed by atoms with Crippen LogP contribution in [0.15, 0.2) is 36.5 Å². The smallest absolute Gasteiger partial charge is 0.159 e. The number of benzene rings is 1. The molecule has 118 valence electrons. The number of fused-ring (bicyclic) bond motifs is 3.